The Labute approximate surface area is 164 Å². The molecule has 4 rings (SSSR count). The van der Waals surface area contributed by atoms with Gasteiger partial charge in [-0.05, 0) is 44.2 Å². The first-order valence-electron chi connectivity index (χ1n) is 9.21. The van der Waals surface area contributed by atoms with E-state index in [1.54, 1.807) is 24.5 Å². The second-order valence-corrected chi connectivity index (χ2v) is 7.78. The predicted molar refractivity (Wildman–Crippen MR) is 107 cm³/mol. The SMILES string of the molecule is CC1(C)Oc2ccc(C#N)cc2[C@@H]([N+](C)(c2ccccc2)c2ncc[nH]2)[C@@H]1O. The number of fused-ring (bicyclic) bond motifs is 1. The zero-order valence-corrected chi connectivity index (χ0v) is 16.1. The van der Waals surface area contributed by atoms with E-state index in [4.69, 9.17) is 4.74 Å². The lowest BCUT2D eigenvalue weighted by molar-refractivity contribution is -0.0800. The molecule has 28 heavy (non-hydrogen) atoms. The van der Waals surface area contributed by atoms with Crippen LogP contribution in [0.15, 0.2) is 60.9 Å². The minimum absolute atomic E-state index is 0.212. The predicted octanol–water partition coefficient (Wildman–Crippen LogP) is 3.82. The van der Waals surface area contributed by atoms with Gasteiger partial charge in [0.2, 0.25) is 0 Å². The van der Waals surface area contributed by atoms with Gasteiger partial charge in [0.1, 0.15) is 17.0 Å². The maximum Gasteiger partial charge on any atom is 0.311 e. The Morgan fingerprint density at radius 3 is 2.61 bits per heavy atom. The van der Waals surface area contributed by atoms with Crippen LogP contribution >= 0.6 is 0 Å². The number of H-pyrrole nitrogens is 1. The summed E-state index contributed by atoms with van der Waals surface area (Å²) in [6, 6.07) is 17.1. The summed E-state index contributed by atoms with van der Waals surface area (Å²) in [6.45, 7) is 3.76. The number of benzene rings is 2. The standard InChI is InChI=1S/C22H23N4O2/c1-22(2)20(27)19(17-13-15(14-23)9-10-18(17)28-22)26(3,21-24-11-12-25-21)16-7-5-4-6-8-16/h4-13,19-20,27H,1-3H3,(H,24,25)/q+1/t19-,20+,26?/m1/s1. The summed E-state index contributed by atoms with van der Waals surface area (Å²) in [6.07, 6.45) is 2.64. The van der Waals surface area contributed by atoms with E-state index in [2.05, 4.69) is 16.0 Å². The minimum atomic E-state index is -0.843. The lowest BCUT2D eigenvalue weighted by Gasteiger charge is -2.48. The van der Waals surface area contributed by atoms with Gasteiger partial charge in [0.15, 0.2) is 12.1 Å². The van der Waals surface area contributed by atoms with Crippen LogP contribution in [0.1, 0.15) is 31.0 Å². The Morgan fingerprint density at radius 2 is 1.96 bits per heavy atom. The van der Waals surface area contributed by atoms with Crippen molar-refractivity contribution < 1.29 is 9.84 Å². The van der Waals surface area contributed by atoms with Crippen LogP contribution in [0.3, 0.4) is 0 Å². The average Bonchev–Trinajstić information content (AvgIpc) is 3.24. The van der Waals surface area contributed by atoms with Crippen LogP contribution in [0.4, 0.5) is 11.6 Å². The highest BCUT2D eigenvalue weighted by Crippen LogP contribution is 2.50. The molecule has 2 heterocycles. The number of likely N-dealkylation sites (N-methyl/N-ethyl adjacent to an activating group) is 1. The minimum Gasteiger partial charge on any atom is -0.484 e. The molecule has 6 nitrogen and oxygen atoms in total. The fourth-order valence-corrected chi connectivity index (χ4v) is 4.06. The van der Waals surface area contributed by atoms with Crippen LogP contribution in [0.5, 0.6) is 5.75 Å². The highest BCUT2D eigenvalue weighted by molar-refractivity contribution is 5.57. The number of hydrogen-bond donors (Lipinski definition) is 2. The molecule has 3 aromatic rings. The molecule has 1 aliphatic rings. The number of hydrogen-bond acceptors (Lipinski definition) is 4. The van der Waals surface area contributed by atoms with Crippen LogP contribution in [0.25, 0.3) is 0 Å². The van der Waals surface area contributed by atoms with E-state index < -0.39 is 17.7 Å². The molecule has 3 atom stereocenters. The van der Waals surface area contributed by atoms with E-state index >= 15 is 0 Å². The second kappa shape index (κ2) is 6.48. The van der Waals surface area contributed by atoms with E-state index in [-0.39, 0.29) is 4.48 Å². The Bertz CT molecular complexity index is 1020. The third-order valence-electron chi connectivity index (χ3n) is 5.61. The highest BCUT2D eigenvalue weighted by atomic mass is 16.5. The monoisotopic (exact) mass is 375 g/mol. The number of nitriles is 1. The number of aliphatic hydroxyl groups is 1. The van der Waals surface area contributed by atoms with Crippen molar-refractivity contribution in [1.29, 1.82) is 5.26 Å². The number of aromatic amines is 1. The number of rotatable bonds is 3. The van der Waals surface area contributed by atoms with E-state index in [1.807, 2.05) is 57.3 Å². The van der Waals surface area contributed by atoms with Crippen LogP contribution in [-0.4, -0.2) is 33.8 Å². The summed E-state index contributed by atoms with van der Waals surface area (Å²) in [5.41, 5.74) is 1.46. The molecule has 0 spiro atoms. The van der Waals surface area contributed by atoms with Crippen molar-refractivity contribution in [2.75, 3.05) is 7.05 Å². The molecule has 0 bridgehead atoms. The van der Waals surface area contributed by atoms with Gasteiger partial charge in [0.25, 0.3) is 0 Å². The summed E-state index contributed by atoms with van der Waals surface area (Å²) in [7, 11) is 2.02. The van der Waals surface area contributed by atoms with Crippen LogP contribution in [-0.2, 0) is 0 Å². The lowest BCUT2D eigenvalue weighted by atomic mass is 9.83. The first kappa shape index (κ1) is 18.2. The van der Waals surface area contributed by atoms with Gasteiger partial charge in [0.05, 0.1) is 30.4 Å². The maximum atomic E-state index is 11.4. The molecule has 2 N–H and O–H groups in total. The highest BCUT2D eigenvalue weighted by Gasteiger charge is 2.54. The molecule has 1 unspecified atom stereocenters. The summed E-state index contributed by atoms with van der Waals surface area (Å²) in [5, 5.41) is 20.9. The number of aliphatic hydroxyl groups excluding tert-OH is 1. The molecule has 1 aromatic heterocycles. The Morgan fingerprint density at radius 1 is 1.21 bits per heavy atom. The number of para-hydroxylation sites is 1. The van der Waals surface area contributed by atoms with Crippen molar-refractivity contribution in [2.24, 2.45) is 0 Å². The lowest BCUT2D eigenvalue weighted by Crippen LogP contribution is -2.59. The number of nitrogens with one attached hydrogen (secondary N) is 1. The van der Waals surface area contributed by atoms with Gasteiger partial charge in [-0.2, -0.15) is 10.2 Å². The molecule has 0 amide bonds. The van der Waals surface area contributed by atoms with Gasteiger partial charge >= 0.3 is 5.95 Å². The average molecular weight is 375 g/mol. The van der Waals surface area contributed by atoms with Crippen molar-refractivity contribution in [2.45, 2.75) is 31.6 Å². The third-order valence-corrected chi connectivity index (χ3v) is 5.61. The zero-order valence-electron chi connectivity index (χ0n) is 16.1. The maximum absolute atomic E-state index is 11.4. The summed E-state index contributed by atoms with van der Waals surface area (Å²) < 4.78 is 6.32. The number of quaternary nitrogens is 1. The molecule has 0 radical (unpaired) electrons. The molecule has 6 heteroatoms. The van der Waals surface area contributed by atoms with E-state index in [0.29, 0.717) is 17.3 Å². The Hall–Kier alpha value is -3.14. The van der Waals surface area contributed by atoms with Gasteiger partial charge in [-0.1, -0.05) is 18.2 Å². The first-order valence-corrected chi connectivity index (χ1v) is 9.21. The number of ether oxygens (including phenoxy) is 1. The first-order chi connectivity index (χ1) is 13.4. The van der Waals surface area contributed by atoms with Crippen LogP contribution in [0.2, 0.25) is 0 Å². The van der Waals surface area contributed by atoms with Crippen LogP contribution < -0.4 is 9.22 Å². The normalized spacial score (nSPS) is 22.4. The van der Waals surface area contributed by atoms with Gasteiger partial charge in [-0.25, -0.2) is 4.48 Å². The fourth-order valence-electron chi connectivity index (χ4n) is 4.06. The summed E-state index contributed by atoms with van der Waals surface area (Å²) in [5.74, 6) is 1.37. The van der Waals surface area contributed by atoms with Gasteiger partial charge in [0, 0.05) is 6.20 Å². The molecule has 0 saturated heterocycles. The molecule has 142 valence electrons. The van der Waals surface area contributed by atoms with Crippen molar-refractivity contribution >= 4 is 11.6 Å². The molecular formula is C22H23N4O2+. The number of nitrogens with zero attached hydrogens (tertiary/aromatic N) is 3. The Balaban J connectivity index is 2.02. The quantitative estimate of drug-likeness (QED) is 0.682. The number of imidazole rings is 1. The number of aromatic nitrogens is 2. The molecule has 0 fully saturated rings. The van der Waals surface area contributed by atoms with Gasteiger partial charge < -0.3 is 9.84 Å². The van der Waals surface area contributed by atoms with Crippen molar-refractivity contribution in [1.82, 2.24) is 14.5 Å². The van der Waals surface area contributed by atoms with Crippen molar-refractivity contribution in [3.05, 3.63) is 72.1 Å². The molecule has 2 aromatic carbocycles. The molecular weight excluding hydrogens is 352 g/mol. The molecule has 1 aliphatic heterocycles. The van der Waals surface area contributed by atoms with E-state index in [0.717, 1.165) is 11.3 Å². The van der Waals surface area contributed by atoms with Crippen molar-refractivity contribution in [3.63, 3.8) is 0 Å². The van der Waals surface area contributed by atoms with Gasteiger partial charge in [-0.3, -0.25) is 4.98 Å². The topological polar surface area (TPSA) is 81.9 Å². The molecule has 0 aliphatic carbocycles. The van der Waals surface area contributed by atoms with E-state index in [1.165, 1.54) is 0 Å². The third kappa shape index (κ3) is 2.68. The van der Waals surface area contributed by atoms with Gasteiger partial charge in [-0.15, -0.1) is 0 Å². The second-order valence-electron chi connectivity index (χ2n) is 7.78. The van der Waals surface area contributed by atoms with E-state index in [9.17, 15) is 10.4 Å². The van der Waals surface area contributed by atoms with Crippen LogP contribution in [0, 0.1) is 11.3 Å². The summed E-state index contributed by atoms with van der Waals surface area (Å²) >= 11 is 0. The zero-order chi connectivity index (χ0) is 19.9. The fraction of sp³-hybridized carbons (Fsp3) is 0.273. The molecule has 0 saturated carbocycles. The summed E-state index contributed by atoms with van der Waals surface area (Å²) in [4.78, 5) is 7.76. The smallest absolute Gasteiger partial charge is 0.311 e. The Kier molecular flexibility index (Phi) is 4.22. The largest absolute Gasteiger partial charge is 0.484 e. The van der Waals surface area contributed by atoms with Crippen molar-refractivity contribution in [3.8, 4) is 11.8 Å².